The Morgan fingerprint density at radius 1 is 1.46 bits per heavy atom. The zero-order valence-electron chi connectivity index (χ0n) is 7.78. The van der Waals surface area contributed by atoms with Crippen molar-refractivity contribution in [3.63, 3.8) is 0 Å². The van der Waals surface area contributed by atoms with E-state index in [2.05, 4.69) is 0 Å². The maximum atomic E-state index is 10.2. The topological polar surface area (TPSA) is 30.2 Å². The van der Waals surface area contributed by atoms with E-state index in [1.54, 1.807) is 19.1 Å². The first-order valence-electron chi connectivity index (χ1n) is 4.09. The van der Waals surface area contributed by atoms with Gasteiger partial charge >= 0.3 is 0 Å². The Morgan fingerprint density at radius 3 is 2.77 bits per heavy atom. The zero-order chi connectivity index (χ0) is 9.68. The summed E-state index contributed by atoms with van der Waals surface area (Å²) in [5.74, 6) is 1.68. The van der Waals surface area contributed by atoms with Crippen molar-refractivity contribution in [2.24, 2.45) is 0 Å². The molecule has 0 bridgehead atoms. The largest absolute Gasteiger partial charge is 0.462 e. The van der Waals surface area contributed by atoms with Gasteiger partial charge in [0, 0.05) is 0 Å². The number of carbonyl (C=O) groups is 1. The summed E-state index contributed by atoms with van der Waals surface area (Å²) >= 11 is 0. The molecule has 0 radical (unpaired) electrons. The minimum absolute atomic E-state index is 0.694. The van der Waals surface area contributed by atoms with Crippen molar-refractivity contribution in [1.29, 1.82) is 0 Å². The highest BCUT2D eigenvalue weighted by Crippen LogP contribution is 2.07. The van der Waals surface area contributed by atoms with Gasteiger partial charge in [-0.25, -0.2) is 0 Å². The van der Waals surface area contributed by atoms with E-state index >= 15 is 0 Å². The summed E-state index contributed by atoms with van der Waals surface area (Å²) in [4.78, 5) is 10.2. The minimum atomic E-state index is 0.694. The fourth-order valence-corrected chi connectivity index (χ4v) is 0.877. The molecule has 1 heterocycles. The highest BCUT2D eigenvalue weighted by Gasteiger charge is 1.90. The third kappa shape index (κ3) is 3.11. The van der Waals surface area contributed by atoms with Gasteiger partial charge in [-0.15, -0.1) is 0 Å². The average Bonchev–Trinajstić information content (AvgIpc) is 2.51. The van der Waals surface area contributed by atoms with Crippen LogP contribution in [0.15, 0.2) is 34.3 Å². The molecule has 0 aliphatic heterocycles. The first-order valence-corrected chi connectivity index (χ1v) is 4.09. The van der Waals surface area contributed by atoms with Crippen molar-refractivity contribution in [2.75, 3.05) is 0 Å². The Bertz CT molecular complexity index is 343. The molecule has 0 atom stereocenters. The Labute approximate surface area is 77.6 Å². The maximum Gasteiger partial charge on any atom is 0.145 e. The van der Waals surface area contributed by atoms with Crippen LogP contribution in [-0.2, 0) is 4.79 Å². The minimum Gasteiger partial charge on any atom is -0.462 e. The number of aryl methyl sites for hydroxylation is 1. The Hall–Kier alpha value is -1.57. The number of aldehydes is 1. The van der Waals surface area contributed by atoms with Gasteiger partial charge in [0.05, 0.1) is 0 Å². The maximum absolute atomic E-state index is 10.2. The molecule has 1 aromatic rings. The Morgan fingerprint density at radius 2 is 2.23 bits per heavy atom. The van der Waals surface area contributed by atoms with Crippen molar-refractivity contribution in [3.8, 4) is 0 Å². The summed E-state index contributed by atoms with van der Waals surface area (Å²) in [5.41, 5.74) is 0.694. The van der Waals surface area contributed by atoms with E-state index in [4.69, 9.17) is 4.42 Å². The second kappa shape index (κ2) is 4.45. The van der Waals surface area contributed by atoms with Crippen LogP contribution in [0.4, 0.5) is 0 Å². The predicted octanol–water partition coefficient (Wildman–Crippen LogP) is 2.75. The summed E-state index contributed by atoms with van der Waals surface area (Å²) in [6, 6.07) is 3.78. The van der Waals surface area contributed by atoms with Gasteiger partial charge in [-0.2, -0.15) is 0 Å². The highest BCUT2D eigenvalue weighted by molar-refractivity contribution is 5.73. The molecule has 0 aliphatic rings. The van der Waals surface area contributed by atoms with Crippen LogP contribution in [0.5, 0.6) is 0 Å². The Kier molecular flexibility index (Phi) is 3.26. The van der Waals surface area contributed by atoms with E-state index in [0.29, 0.717) is 5.57 Å². The molecule has 0 N–H and O–H groups in total. The number of furan rings is 1. The molecule has 2 nitrogen and oxygen atoms in total. The number of hydrogen-bond acceptors (Lipinski definition) is 2. The Balaban J connectivity index is 2.64. The number of carbonyl (C=O) groups excluding carboxylic acids is 1. The quantitative estimate of drug-likeness (QED) is 0.402. The van der Waals surface area contributed by atoms with Gasteiger partial charge in [-0.1, -0.05) is 12.2 Å². The van der Waals surface area contributed by atoms with E-state index in [9.17, 15) is 4.79 Å². The summed E-state index contributed by atoms with van der Waals surface area (Å²) < 4.78 is 5.29. The number of rotatable bonds is 3. The lowest BCUT2D eigenvalue weighted by Crippen LogP contribution is -1.72. The van der Waals surface area contributed by atoms with E-state index in [0.717, 1.165) is 17.8 Å². The van der Waals surface area contributed by atoms with Gasteiger partial charge in [0.2, 0.25) is 0 Å². The second-order valence-electron chi connectivity index (χ2n) is 2.84. The molecule has 68 valence electrons. The molecule has 0 fully saturated rings. The lowest BCUT2D eigenvalue weighted by molar-refractivity contribution is -0.104. The molecular weight excluding hydrogens is 164 g/mol. The summed E-state index contributed by atoms with van der Waals surface area (Å²) in [7, 11) is 0. The molecule has 2 heteroatoms. The van der Waals surface area contributed by atoms with Crippen LogP contribution in [0.1, 0.15) is 18.4 Å². The molecule has 1 aromatic heterocycles. The number of hydrogen-bond donors (Lipinski definition) is 0. The molecule has 0 aliphatic carbocycles. The van der Waals surface area contributed by atoms with Crippen LogP contribution in [0.2, 0.25) is 0 Å². The van der Waals surface area contributed by atoms with E-state index < -0.39 is 0 Å². The predicted molar refractivity (Wildman–Crippen MR) is 52.3 cm³/mol. The second-order valence-corrected chi connectivity index (χ2v) is 2.84. The number of allylic oxidation sites excluding steroid dienone is 3. The third-order valence-corrected chi connectivity index (χ3v) is 1.57. The zero-order valence-corrected chi connectivity index (χ0v) is 7.78. The van der Waals surface area contributed by atoms with Crippen LogP contribution in [0, 0.1) is 6.92 Å². The van der Waals surface area contributed by atoms with E-state index in [1.165, 1.54) is 0 Å². The first kappa shape index (κ1) is 9.52. The smallest absolute Gasteiger partial charge is 0.145 e. The summed E-state index contributed by atoms with van der Waals surface area (Å²) in [6.07, 6.45) is 6.17. The van der Waals surface area contributed by atoms with Crippen molar-refractivity contribution in [2.45, 2.75) is 13.8 Å². The van der Waals surface area contributed by atoms with Crippen molar-refractivity contribution in [3.05, 3.63) is 41.4 Å². The van der Waals surface area contributed by atoms with Gasteiger partial charge in [0.15, 0.2) is 0 Å². The van der Waals surface area contributed by atoms with Crippen LogP contribution >= 0.6 is 0 Å². The fraction of sp³-hybridized carbons (Fsp3) is 0.182. The van der Waals surface area contributed by atoms with Crippen LogP contribution in [0.25, 0.3) is 6.08 Å². The van der Waals surface area contributed by atoms with Gasteiger partial charge in [-0.05, 0) is 37.6 Å². The van der Waals surface area contributed by atoms with E-state index in [1.807, 2.05) is 25.1 Å². The van der Waals surface area contributed by atoms with Gasteiger partial charge in [0.25, 0.3) is 0 Å². The van der Waals surface area contributed by atoms with E-state index in [-0.39, 0.29) is 0 Å². The lowest BCUT2D eigenvalue weighted by Gasteiger charge is -1.83. The van der Waals surface area contributed by atoms with Crippen molar-refractivity contribution >= 4 is 12.4 Å². The molecular formula is C11H12O2. The summed E-state index contributed by atoms with van der Waals surface area (Å²) in [5, 5.41) is 0. The molecule has 1 rings (SSSR count). The highest BCUT2D eigenvalue weighted by atomic mass is 16.3. The molecule has 0 amide bonds. The monoisotopic (exact) mass is 176 g/mol. The molecule has 0 saturated carbocycles. The molecule has 0 unspecified atom stereocenters. The van der Waals surface area contributed by atoms with Gasteiger partial charge in [0.1, 0.15) is 17.8 Å². The normalized spacial score (nSPS) is 12.3. The first-order chi connectivity index (χ1) is 6.22. The molecule has 0 saturated heterocycles. The van der Waals surface area contributed by atoms with Crippen LogP contribution in [0.3, 0.4) is 0 Å². The molecule has 0 aromatic carbocycles. The third-order valence-electron chi connectivity index (χ3n) is 1.57. The van der Waals surface area contributed by atoms with Crippen molar-refractivity contribution in [1.82, 2.24) is 0 Å². The van der Waals surface area contributed by atoms with Crippen LogP contribution < -0.4 is 0 Å². The lowest BCUT2D eigenvalue weighted by atomic mass is 10.3. The fourth-order valence-electron chi connectivity index (χ4n) is 0.877. The van der Waals surface area contributed by atoms with Crippen molar-refractivity contribution < 1.29 is 9.21 Å². The molecule has 0 spiro atoms. The van der Waals surface area contributed by atoms with Crippen LogP contribution in [-0.4, -0.2) is 6.29 Å². The SMILES string of the molecule is C/C(C=O)=C/C=C/c1ccc(C)o1. The summed E-state index contributed by atoms with van der Waals surface area (Å²) in [6.45, 7) is 3.65. The average molecular weight is 176 g/mol. The van der Waals surface area contributed by atoms with Gasteiger partial charge < -0.3 is 4.42 Å². The van der Waals surface area contributed by atoms with Gasteiger partial charge in [-0.3, -0.25) is 4.79 Å². The molecule has 13 heavy (non-hydrogen) atoms. The standard InChI is InChI=1S/C11H12O2/c1-9(8-12)4-3-5-11-7-6-10(2)13-11/h3-8H,1-2H3/b5-3+,9-4-.